The molecule has 0 aromatic heterocycles. The fraction of sp³-hybridized carbons (Fsp3) is 0.538. The molecular formula is C13H15Br. The van der Waals surface area contributed by atoms with Gasteiger partial charge in [0.05, 0.1) is 0 Å². The molecule has 1 heteroatoms. The topological polar surface area (TPSA) is 0 Å². The second-order valence-corrected chi connectivity index (χ2v) is 5.64. The lowest BCUT2D eigenvalue weighted by Crippen LogP contribution is -2.40. The van der Waals surface area contributed by atoms with E-state index < -0.39 is 0 Å². The molecule has 2 aliphatic rings. The van der Waals surface area contributed by atoms with Gasteiger partial charge in [0.1, 0.15) is 0 Å². The number of rotatable bonds is 0. The molecule has 0 bridgehead atoms. The second kappa shape index (κ2) is 3.10. The number of hydrogen-bond acceptors (Lipinski definition) is 0. The average Bonchev–Trinajstić information content (AvgIpc) is 2.21. The van der Waals surface area contributed by atoms with Crippen LogP contribution in [0.2, 0.25) is 0 Å². The summed E-state index contributed by atoms with van der Waals surface area (Å²) in [4.78, 5) is 0. The van der Waals surface area contributed by atoms with Crippen molar-refractivity contribution in [3.63, 3.8) is 0 Å². The third kappa shape index (κ3) is 1.11. The lowest BCUT2D eigenvalue weighted by molar-refractivity contribution is 0.255. The Balaban J connectivity index is 2.01. The lowest BCUT2D eigenvalue weighted by Gasteiger charge is -2.47. The molecule has 1 spiro atoms. The van der Waals surface area contributed by atoms with Crippen molar-refractivity contribution >= 4 is 15.9 Å². The molecule has 0 amide bonds. The summed E-state index contributed by atoms with van der Waals surface area (Å²) < 4.78 is 1.33. The molecule has 0 nitrogen and oxygen atoms in total. The van der Waals surface area contributed by atoms with Crippen LogP contribution >= 0.6 is 15.9 Å². The summed E-state index contributed by atoms with van der Waals surface area (Å²) in [5, 5.41) is 0. The number of hydrogen-bond donors (Lipinski definition) is 0. The monoisotopic (exact) mass is 250 g/mol. The van der Waals surface area contributed by atoms with E-state index in [1.54, 1.807) is 11.1 Å². The van der Waals surface area contributed by atoms with E-state index in [-0.39, 0.29) is 0 Å². The van der Waals surface area contributed by atoms with Gasteiger partial charge in [0.2, 0.25) is 0 Å². The van der Waals surface area contributed by atoms with Gasteiger partial charge in [-0.15, -0.1) is 0 Å². The summed E-state index contributed by atoms with van der Waals surface area (Å²) in [6, 6.07) is 6.71. The van der Waals surface area contributed by atoms with Gasteiger partial charge in [0, 0.05) is 4.47 Å². The maximum Gasteiger partial charge on any atom is 0.0210 e. The molecule has 14 heavy (non-hydrogen) atoms. The highest BCUT2D eigenvalue weighted by Gasteiger charge is 2.43. The van der Waals surface area contributed by atoms with Crippen molar-refractivity contribution in [2.45, 2.75) is 43.9 Å². The van der Waals surface area contributed by atoms with Crippen molar-refractivity contribution in [3.05, 3.63) is 33.8 Å². The van der Waals surface area contributed by atoms with E-state index in [1.165, 1.54) is 43.0 Å². The number of fused-ring (bicyclic) bond motifs is 2. The summed E-state index contributed by atoms with van der Waals surface area (Å²) in [7, 11) is 0. The minimum absolute atomic E-state index is 0.595. The Morgan fingerprint density at radius 2 is 1.86 bits per heavy atom. The zero-order valence-electron chi connectivity index (χ0n) is 8.35. The molecule has 1 aromatic carbocycles. The first-order chi connectivity index (χ1) is 6.82. The minimum Gasteiger partial charge on any atom is -0.0608 e. The summed E-state index contributed by atoms with van der Waals surface area (Å²) >= 11 is 3.65. The Labute approximate surface area is 93.8 Å². The molecule has 0 heterocycles. The van der Waals surface area contributed by atoms with Crippen molar-refractivity contribution in [1.29, 1.82) is 0 Å². The van der Waals surface area contributed by atoms with E-state index >= 15 is 0 Å². The third-order valence-electron chi connectivity index (χ3n) is 4.02. The van der Waals surface area contributed by atoms with Crippen LogP contribution < -0.4 is 0 Å². The predicted molar refractivity (Wildman–Crippen MR) is 62.6 cm³/mol. The van der Waals surface area contributed by atoms with Crippen LogP contribution in [0, 0.1) is 0 Å². The van der Waals surface area contributed by atoms with Gasteiger partial charge >= 0.3 is 0 Å². The van der Waals surface area contributed by atoms with Crippen molar-refractivity contribution in [1.82, 2.24) is 0 Å². The standard InChI is InChI=1S/C13H15Br/c14-12-6-4-5-11-10(12)9-13(11)7-2-1-3-8-13/h4-6H,1-3,7-9H2. The SMILES string of the molecule is Brc1cccc2c1CC21CCCCC1. The Kier molecular flexibility index (Phi) is 1.98. The molecular weight excluding hydrogens is 236 g/mol. The largest absolute Gasteiger partial charge is 0.0608 e. The highest BCUT2D eigenvalue weighted by atomic mass is 79.9. The van der Waals surface area contributed by atoms with Gasteiger partial charge in [0.25, 0.3) is 0 Å². The molecule has 0 unspecified atom stereocenters. The maximum absolute atomic E-state index is 3.65. The molecule has 0 radical (unpaired) electrons. The Bertz CT molecular complexity index is 361. The molecule has 2 aliphatic carbocycles. The van der Waals surface area contributed by atoms with E-state index in [2.05, 4.69) is 34.1 Å². The lowest BCUT2D eigenvalue weighted by atomic mass is 9.57. The smallest absolute Gasteiger partial charge is 0.0210 e. The Morgan fingerprint density at radius 1 is 1.07 bits per heavy atom. The van der Waals surface area contributed by atoms with Gasteiger partial charge in [-0.1, -0.05) is 47.3 Å². The first kappa shape index (κ1) is 8.96. The fourth-order valence-electron chi connectivity index (χ4n) is 3.24. The van der Waals surface area contributed by atoms with E-state index in [0.717, 1.165) is 0 Å². The molecule has 0 atom stereocenters. The summed E-state index contributed by atoms with van der Waals surface area (Å²) in [6.07, 6.45) is 8.50. The quantitative estimate of drug-likeness (QED) is 0.648. The first-order valence-corrected chi connectivity index (χ1v) is 6.39. The van der Waals surface area contributed by atoms with Crippen LogP contribution in [-0.4, -0.2) is 0 Å². The average molecular weight is 251 g/mol. The van der Waals surface area contributed by atoms with Crippen LogP contribution in [0.4, 0.5) is 0 Å². The molecule has 0 saturated heterocycles. The molecule has 0 aliphatic heterocycles. The molecule has 1 aromatic rings. The summed E-state index contributed by atoms with van der Waals surface area (Å²) in [5.74, 6) is 0. The van der Waals surface area contributed by atoms with Gasteiger partial charge < -0.3 is 0 Å². The Morgan fingerprint density at radius 3 is 2.64 bits per heavy atom. The third-order valence-corrected chi connectivity index (χ3v) is 4.76. The van der Waals surface area contributed by atoms with Crippen LogP contribution in [-0.2, 0) is 11.8 Å². The molecule has 0 N–H and O–H groups in total. The zero-order valence-corrected chi connectivity index (χ0v) is 9.94. The maximum atomic E-state index is 3.65. The molecule has 74 valence electrons. The molecule has 1 fully saturated rings. The van der Waals surface area contributed by atoms with E-state index in [1.807, 2.05) is 0 Å². The van der Waals surface area contributed by atoms with E-state index in [4.69, 9.17) is 0 Å². The van der Waals surface area contributed by atoms with Crippen molar-refractivity contribution in [2.24, 2.45) is 0 Å². The highest BCUT2D eigenvalue weighted by molar-refractivity contribution is 9.10. The molecule has 1 saturated carbocycles. The van der Waals surface area contributed by atoms with Crippen LogP contribution in [0.3, 0.4) is 0 Å². The zero-order chi connectivity index (χ0) is 9.60. The predicted octanol–water partition coefficient (Wildman–Crippen LogP) is 4.21. The van der Waals surface area contributed by atoms with Gasteiger partial charge in [-0.3, -0.25) is 0 Å². The number of benzene rings is 1. The van der Waals surface area contributed by atoms with Crippen LogP contribution in [0.15, 0.2) is 22.7 Å². The van der Waals surface area contributed by atoms with Gasteiger partial charge in [-0.25, -0.2) is 0 Å². The minimum atomic E-state index is 0.595. The summed E-state index contributed by atoms with van der Waals surface area (Å²) in [6.45, 7) is 0. The van der Waals surface area contributed by atoms with Gasteiger partial charge in [0.15, 0.2) is 0 Å². The second-order valence-electron chi connectivity index (χ2n) is 4.78. The van der Waals surface area contributed by atoms with Crippen molar-refractivity contribution in [2.75, 3.05) is 0 Å². The Hall–Kier alpha value is -0.300. The highest BCUT2D eigenvalue weighted by Crippen LogP contribution is 2.52. The van der Waals surface area contributed by atoms with Crippen molar-refractivity contribution in [3.8, 4) is 0 Å². The van der Waals surface area contributed by atoms with Crippen molar-refractivity contribution < 1.29 is 0 Å². The normalized spacial score (nSPS) is 22.9. The van der Waals surface area contributed by atoms with E-state index in [9.17, 15) is 0 Å². The fourth-order valence-corrected chi connectivity index (χ4v) is 3.74. The van der Waals surface area contributed by atoms with Crippen LogP contribution in [0.25, 0.3) is 0 Å². The van der Waals surface area contributed by atoms with Crippen LogP contribution in [0.5, 0.6) is 0 Å². The van der Waals surface area contributed by atoms with Crippen LogP contribution in [0.1, 0.15) is 43.2 Å². The summed E-state index contributed by atoms with van der Waals surface area (Å²) in [5.41, 5.74) is 3.82. The van der Waals surface area contributed by atoms with Gasteiger partial charge in [-0.05, 0) is 41.9 Å². The number of halogens is 1. The van der Waals surface area contributed by atoms with Gasteiger partial charge in [-0.2, -0.15) is 0 Å². The molecule has 3 rings (SSSR count). The first-order valence-electron chi connectivity index (χ1n) is 5.60. The van der Waals surface area contributed by atoms with E-state index in [0.29, 0.717) is 5.41 Å².